The molecule has 1 aliphatic rings. The molecule has 3 aromatic carbocycles. The van der Waals surface area contributed by atoms with Crippen molar-refractivity contribution in [2.24, 2.45) is 0 Å². The van der Waals surface area contributed by atoms with E-state index >= 15 is 0 Å². The molecule has 196 valence electrons. The summed E-state index contributed by atoms with van der Waals surface area (Å²) in [7, 11) is 0. The molecule has 1 fully saturated rings. The first-order valence-corrected chi connectivity index (χ1v) is 12.3. The molecule has 0 bridgehead atoms. The highest BCUT2D eigenvalue weighted by Crippen LogP contribution is 2.30. The van der Waals surface area contributed by atoms with Gasteiger partial charge in [0.15, 0.2) is 11.5 Å². The number of amides is 4. The minimum absolute atomic E-state index is 0.164. The molecule has 1 heterocycles. The number of imide groups is 2. The van der Waals surface area contributed by atoms with Gasteiger partial charge in [0.25, 0.3) is 11.8 Å². The summed E-state index contributed by atoms with van der Waals surface area (Å²) in [5, 5.41) is 2.24. The van der Waals surface area contributed by atoms with Crippen LogP contribution in [0.3, 0.4) is 0 Å². The van der Waals surface area contributed by atoms with E-state index in [0.717, 1.165) is 21.8 Å². The number of rotatable bonds is 9. The largest absolute Gasteiger partial charge is 0.490 e. The number of anilines is 1. The van der Waals surface area contributed by atoms with Crippen LogP contribution in [-0.2, 0) is 9.59 Å². The van der Waals surface area contributed by atoms with Crippen molar-refractivity contribution in [3.05, 3.63) is 88.5 Å². The number of carbonyl (C=O) groups excluding carboxylic acids is 3. The van der Waals surface area contributed by atoms with E-state index in [9.17, 15) is 14.4 Å². The lowest BCUT2D eigenvalue weighted by Gasteiger charge is -2.26. The van der Waals surface area contributed by atoms with Gasteiger partial charge in [-0.25, -0.2) is 9.69 Å². The molecule has 0 spiro atoms. The lowest BCUT2D eigenvalue weighted by molar-refractivity contribution is -0.122. The first kappa shape index (κ1) is 26.5. The zero-order valence-corrected chi connectivity index (χ0v) is 21.9. The Balaban J connectivity index is 1.49. The van der Waals surface area contributed by atoms with Crippen molar-refractivity contribution < 1.29 is 28.6 Å². The van der Waals surface area contributed by atoms with Crippen LogP contribution in [0.4, 0.5) is 10.5 Å². The standard InChI is InChI=1S/C30H30N2O6/c1-5-36-27-18-22(9-13-26(27)38-15-14-37-24-12-8-20(3)21(4)16-24)17-25-28(33)31-30(35)32(29(25)34)23-10-6-19(2)7-11-23/h6-13,16-18H,5,14-15H2,1-4H3,(H,31,33,35). The molecule has 0 radical (unpaired) electrons. The summed E-state index contributed by atoms with van der Waals surface area (Å²) in [6.07, 6.45) is 1.43. The zero-order chi connectivity index (χ0) is 27.2. The number of benzene rings is 3. The van der Waals surface area contributed by atoms with E-state index in [-0.39, 0.29) is 5.57 Å². The van der Waals surface area contributed by atoms with Gasteiger partial charge in [-0.3, -0.25) is 14.9 Å². The van der Waals surface area contributed by atoms with Crippen LogP contribution in [0.1, 0.15) is 29.2 Å². The Hall–Kier alpha value is -4.59. The third-order valence-corrected chi connectivity index (χ3v) is 6.06. The van der Waals surface area contributed by atoms with Gasteiger partial charge in [0.2, 0.25) is 0 Å². The fourth-order valence-corrected chi connectivity index (χ4v) is 3.87. The van der Waals surface area contributed by atoms with Crippen LogP contribution in [0.15, 0.2) is 66.2 Å². The van der Waals surface area contributed by atoms with Crippen molar-refractivity contribution in [3.8, 4) is 17.2 Å². The van der Waals surface area contributed by atoms with Gasteiger partial charge in [-0.1, -0.05) is 29.8 Å². The summed E-state index contributed by atoms with van der Waals surface area (Å²) < 4.78 is 17.4. The lowest BCUT2D eigenvalue weighted by atomic mass is 10.1. The Morgan fingerprint density at radius 3 is 2.24 bits per heavy atom. The van der Waals surface area contributed by atoms with Crippen LogP contribution in [0.5, 0.6) is 17.2 Å². The summed E-state index contributed by atoms with van der Waals surface area (Å²) in [5.74, 6) is 0.281. The normalized spacial score (nSPS) is 14.5. The number of nitrogens with one attached hydrogen (secondary N) is 1. The molecule has 0 aromatic heterocycles. The maximum absolute atomic E-state index is 13.2. The van der Waals surface area contributed by atoms with Crippen LogP contribution in [0.25, 0.3) is 6.08 Å². The predicted octanol–water partition coefficient (Wildman–Crippen LogP) is 5.13. The fourth-order valence-electron chi connectivity index (χ4n) is 3.87. The van der Waals surface area contributed by atoms with Crippen molar-refractivity contribution in [2.75, 3.05) is 24.7 Å². The minimum Gasteiger partial charge on any atom is -0.490 e. The van der Waals surface area contributed by atoms with Gasteiger partial charge < -0.3 is 14.2 Å². The quantitative estimate of drug-likeness (QED) is 0.242. The highest BCUT2D eigenvalue weighted by Gasteiger charge is 2.36. The Labute approximate surface area is 221 Å². The third-order valence-electron chi connectivity index (χ3n) is 6.06. The Morgan fingerprint density at radius 1 is 0.789 bits per heavy atom. The molecule has 8 nitrogen and oxygen atoms in total. The monoisotopic (exact) mass is 514 g/mol. The van der Waals surface area contributed by atoms with Crippen molar-refractivity contribution in [1.82, 2.24) is 5.32 Å². The van der Waals surface area contributed by atoms with E-state index in [1.165, 1.54) is 11.6 Å². The third kappa shape index (κ3) is 6.03. The highest BCUT2D eigenvalue weighted by molar-refractivity contribution is 6.39. The van der Waals surface area contributed by atoms with Gasteiger partial charge in [-0.15, -0.1) is 0 Å². The number of aryl methyl sites for hydroxylation is 3. The summed E-state index contributed by atoms with van der Waals surface area (Å²) in [4.78, 5) is 39.1. The lowest BCUT2D eigenvalue weighted by Crippen LogP contribution is -2.54. The number of carbonyl (C=O) groups is 3. The van der Waals surface area contributed by atoms with Crippen LogP contribution >= 0.6 is 0 Å². The van der Waals surface area contributed by atoms with Crippen LogP contribution in [0.2, 0.25) is 0 Å². The van der Waals surface area contributed by atoms with Crippen molar-refractivity contribution in [3.63, 3.8) is 0 Å². The fraction of sp³-hybridized carbons (Fsp3) is 0.233. The molecule has 4 rings (SSSR count). The number of urea groups is 1. The molecule has 1 N–H and O–H groups in total. The first-order valence-electron chi connectivity index (χ1n) is 12.3. The number of hydrogen-bond donors (Lipinski definition) is 1. The van der Waals surface area contributed by atoms with E-state index in [2.05, 4.69) is 5.32 Å². The molecular weight excluding hydrogens is 484 g/mol. The molecule has 1 aliphatic heterocycles. The number of hydrogen-bond acceptors (Lipinski definition) is 6. The van der Waals surface area contributed by atoms with Gasteiger partial charge in [-0.2, -0.15) is 0 Å². The van der Waals surface area contributed by atoms with E-state index in [4.69, 9.17) is 14.2 Å². The van der Waals surface area contributed by atoms with E-state index in [1.54, 1.807) is 42.5 Å². The molecule has 0 aliphatic carbocycles. The SMILES string of the molecule is CCOc1cc(C=C2C(=O)NC(=O)N(c3ccc(C)cc3)C2=O)ccc1OCCOc1ccc(C)c(C)c1. The number of barbiturate groups is 1. The summed E-state index contributed by atoms with van der Waals surface area (Å²) >= 11 is 0. The second-order valence-corrected chi connectivity index (χ2v) is 8.88. The van der Waals surface area contributed by atoms with Crippen LogP contribution in [0, 0.1) is 20.8 Å². The predicted molar refractivity (Wildman–Crippen MR) is 145 cm³/mol. The molecule has 3 aromatic rings. The van der Waals surface area contributed by atoms with E-state index < -0.39 is 17.8 Å². The molecular formula is C30H30N2O6. The van der Waals surface area contributed by atoms with Gasteiger partial charge in [0, 0.05) is 0 Å². The van der Waals surface area contributed by atoms with Crippen LogP contribution < -0.4 is 24.4 Å². The zero-order valence-electron chi connectivity index (χ0n) is 21.9. The van der Waals surface area contributed by atoms with Crippen molar-refractivity contribution >= 4 is 29.6 Å². The van der Waals surface area contributed by atoms with E-state index in [1.807, 2.05) is 45.9 Å². The van der Waals surface area contributed by atoms with Gasteiger partial charge in [0.1, 0.15) is 24.5 Å². The van der Waals surface area contributed by atoms with Crippen LogP contribution in [-0.4, -0.2) is 37.7 Å². The summed E-state index contributed by atoms with van der Waals surface area (Å²) in [6, 6.07) is 17.1. The Bertz CT molecular complexity index is 1390. The summed E-state index contributed by atoms with van der Waals surface area (Å²) in [5.41, 5.74) is 4.09. The number of ether oxygens (including phenoxy) is 3. The Morgan fingerprint density at radius 2 is 1.53 bits per heavy atom. The van der Waals surface area contributed by atoms with E-state index in [0.29, 0.717) is 42.6 Å². The topological polar surface area (TPSA) is 94.2 Å². The Kier molecular flexibility index (Phi) is 8.11. The van der Waals surface area contributed by atoms with Gasteiger partial charge >= 0.3 is 6.03 Å². The molecule has 0 saturated carbocycles. The molecule has 0 unspecified atom stereocenters. The molecule has 8 heteroatoms. The molecule has 4 amide bonds. The average molecular weight is 515 g/mol. The molecule has 38 heavy (non-hydrogen) atoms. The second-order valence-electron chi connectivity index (χ2n) is 8.88. The highest BCUT2D eigenvalue weighted by atomic mass is 16.5. The smallest absolute Gasteiger partial charge is 0.335 e. The van der Waals surface area contributed by atoms with Crippen molar-refractivity contribution in [2.45, 2.75) is 27.7 Å². The maximum atomic E-state index is 13.2. The summed E-state index contributed by atoms with van der Waals surface area (Å²) in [6.45, 7) is 8.86. The first-order chi connectivity index (χ1) is 18.3. The number of nitrogens with zero attached hydrogens (tertiary/aromatic N) is 1. The average Bonchev–Trinajstić information content (AvgIpc) is 2.88. The van der Waals surface area contributed by atoms with Crippen molar-refractivity contribution in [1.29, 1.82) is 0 Å². The van der Waals surface area contributed by atoms with Gasteiger partial charge in [0.05, 0.1) is 12.3 Å². The molecule has 1 saturated heterocycles. The van der Waals surface area contributed by atoms with Gasteiger partial charge in [-0.05, 0) is 86.9 Å². The minimum atomic E-state index is -0.789. The maximum Gasteiger partial charge on any atom is 0.335 e. The molecule has 0 atom stereocenters. The second kappa shape index (κ2) is 11.6.